The van der Waals surface area contributed by atoms with E-state index in [1.165, 1.54) is 19.2 Å². The lowest BCUT2D eigenvalue weighted by molar-refractivity contribution is 0.383. The highest BCUT2D eigenvalue weighted by atomic mass is 19.1. The molecule has 0 aliphatic carbocycles. The largest absolute Gasteiger partial charge is 0.496 e. The average molecular weight is 236 g/mol. The third-order valence-corrected chi connectivity index (χ3v) is 2.59. The fraction of sp³-hybridized carbons (Fsp3) is 0.462. The molecule has 0 aromatic heterocycles. The molecule has 0 saturated heterocycles. The van der Waals surface area contributed by atoms with Crippen molar-refractivity contribution in [2.75, 3.05) is 27.7 Å². The van der Waals surface area contributed by atoms with E-state index >= 15 is 0 Å². The van der Waals surface area contributed by atoms with E-state index in [-0.39, 0.29) is 11.7 Å². The van der Waals surface area contributed by atoms with Crippen LogP contribution in [0.5, 0.6) is 5.75 Å². The van der Waals surface area contributed by atoms with Crippen molar-refractivity contribution in [3.63, 3.8) is 0 Å². The van der Waals surface area contributed by atoms with Crippen molar-refractivity contribution >= 4 is 0 Å². The standard InChI is InChI=1S/C13H17FN2O/c1-16(2)7-6-10(9-15)12-8-11(14)4-5-13(12)17-3/h4-5,8,10H,6-7H2,1-3H3. The summed E-state index contributed by atoms with van der Waals surface area (Å²) < 4.78 is 18.4. The Morgan fingerprint density at radius 1 is 1.47 bits per heavy atom. The average Bonchev–Trinajstić information content (AvgIpc) is 2.30. The monoisotopic (exact) mass is 236 g/mol. The topological polar surface area (TPSA) is 36.3 Å². The molecule has 0 amide bonds. The van der Waals surface area contributed by atoms with Gasteiger partial charge in [-0.15, -0.1) is 0 Å². The molecular formula is C13H17FN2O. The molecule has 0 saturated carbocycles. The first kappa shape index (κ1) is 13.5. The predicted octanol–water partition coefficient (Wildman–Crippen LogP) is 2.39. The van der Waals surface area contributed by atoms with Gasteiger partial charge in [-0.25, -0.2) is 4.39 Å². The van der Waals surface area contributed by atoms with Crippen LogP contribution in [0.15, 0.2) is 18.2 Å². The van der Waals surface area contributed by atoms with Crippen LogP contribution < -0.4 is 4.74 Å². The zero-order chi connectivity index (χ0) is 12.8. The molecule has 1 rings (SSSR count). The van der Waals surface area contributed by atoms with Crippen LogP contribution in [-0.4, -0.2) is 32.6 Å². The summed E-state index contributed by atoms with van der Waals surface area (Å²) in [5.74, 6) is -0.120. The van der Waals surface area contributed by atoms with Gasteiger partial charge in [0.25, 0.3) is 0 Å². The number of rotatable bonds is 5. The number of benzene rings is 1. The van der Waals surface area contributed by atoms with Crippen molar-refractivity contribution in [1.29, 1.82) is 5.26 Å². The first-order valence-electron chi connectivity index (χ1n) is 5.46. The lowest BCUT2D eigenvalue weighted by Gasteiger charge is -2.16. The second kappa shape index (κ2) is 6.21. The normalized spacial score (nSPS) is 12.2. The molecule has 1 unspecified atom stereocenters. The molecule has 4 heteroatoms. The van der Waals surface area contributed by atoms with Crippen LogP contribution in [0, 0.1) is 17.1 Å². The molecule has 0 radical (unpaired) electrons. The number of nitriles is 1. The Kier molecular flexibility index (Phi) is 4.92. The summed E-state index contributed by atoms with van der Waals surface area (Å²) in [5, 5.41) is 9.16. The zero-order valence-corrected chi connectivity index (χ0v) is 10.4. The molecule has 1 aromatic carbocycles. The van der Waals surface area contributed by atoms with E-state index in [4.69, 9.17) is 10.00 Å². The summed E-state index contributed by atoms with van der Waals surface area (Å²) in [6.07, 6.45) is 0.656. The molecule has 0 aliphatic rings. The van der Waals surface area contributed by atoms with E-state index in [0.29, 0.717) is 17.7 Å². The molecular weight excluding hydrogens is 219 g/mol. The number of hydrogen-bond acceptors (Lipinski definition) is 3. The maximum Gasteiger partial charge on any atom is 0.123 e. The number of nitrogens with zero attached hydrogens (tertiary/aromatic N) is 2. The zero-order valence-electron chi connectivity index (χ0n) is 10.4. The molecule has 0 aliphatic heterocycles. The van der Waals surface area contributed by atoms with Gasteiger partial charge in [-0.1, -0.05) is 0 Å². The van der Waals surface area contributed by atoms with Crippen LogP contribution in [0.1, 0.15) is 17.9 Å². The number of methoxy groups -OCH3 is 1. The highest BCUT2D eigenvalue weighted by Crippen LogP contribution is 2.29. The second-order valence-electron chi connectivity index (χ2n) is 4.16. The van der Waals surface area contributed by atoms with E-state index in [1.807, 2.05) is 19.0 Å². The van der Waals surface area contributed by atoms with Gasteiger partial charge < -0.3 is 9.64 Å². The van der Waals surface area contributed by atoms with Crippen LogP contribution in [0.25, 0.3) is 0 Å². The fourth-order valence-electron chi connectivity index (χ4n) is 1.65. The lowest BCUT2D eigenvalue weighted by atomic mass is 9.96. The van der Waals surface area contributed by atoms with Crippen molar-refractivity contribution in [2.45, 2.75) is 12.3 Å². The van der Waals surface area contributed by atoms with Gasteiger partial charge in [0.05, 0.1) is 19.1 Å². The first-order valence-corrected chi connectivity index (χ1v) is 5.46. The minimum absolute atomic E-state index is 0.342. The Morgan fingerprint density at radius 2 is 2.18 bits per heavy atom. The summed E-state index contributed by atoms with van der Waals surface area (Å²) in [6, 6.07) is 6.48. The van der Waals surface area contributed by atoms with Crippen molar-refractivity contribution in [3.8, 4) is 11.8 Å². The SMILES string of the molecule is COc1ccc(F)cc1C(C#N)CCN(C)C. The smallest absolute Gasteiger partial charge is 0.123 e. The number of hydrogen-bond donors (Lipinski definition) is 0. The van der Waals surface area contributed by atoms with Crippen LogP contribution in [0.4, 0.5) is 4.39 Å². The number of ether oxygens (including phenoxy) is 1. The van der Waals surface area contributed by atoms with E-state index < -0.39 is 0 Å². The molecule has 0 fully saturated rings. The quantitative estimate of drug-likeness (QED) is 0.787. The third kappa shape index (κ3) is 3.72. The molecule has 92 valence electrons. The molecule has 17 heavy (non-hydrogen) atoms. The third-order valence-electron chi connectivity index (χ3n) is 2.59. The van der Waals surface area contributed by atoms with Crippen molar-refractivity contribution in [2.24, 2.45) is 0 Å². The van der Waals surface area contributed by atoms with E-state index in [1.54, 1.807) is 6.07 Å². The summed E-state index contributed by atoms with van der Waals surface area (Å²) in [4.78, 5) is 2.00. The van der Waals surface area contributed by atoms with Crippen molar-refractivity contribution in [3.05, 3.63) is 29.6 Å². The van der Waals surface area contributed by atoms with E-state index in [9.17, 15) is 4.39 Å². The van der Waals surface area contributed by atoms with Gasteiger partial charge >= 0.3 is 0 Å². The minimum atomic E-state index is -0.344. The molecule has 3 nitrogen and oxygen atoms in total. The Hall–Kier alpha value is -1.60. The van der Waals surface area contributed by atoms with Gasteiger partial charge in [0.2, 0.25) is 0 Å². The molecule has 0 heterocycles. The molecule has 1 atom stereocenters. The fourth-order valence-corrected chi connectivity index (χ4v) is 1.65. The Morgan fingerprint density at radius 3 is 2.71 bits per heavy atom. The lowest BCUT2D eigenvalue weighted by Crippen LogP contribution is -2.15. The van der Waals surface area contributed by atoms with Crippen molar-refractivity contribution in [1.82, 2.24) is 4.90 Å². The van der Waals surface area contributed by atoms with Gasteiger partial charge in [0, 0.05) is 5.56 Å². The molecule has 0 bridgehead atoms. The van der Waals surface area contributed by atoms with E-state index in [0.717, 1.165) is 6.54 Å². The van der Waals surface area contributed by atoms with Gasteiger partial charge in [-0.05, 0) is 45.3 Å². The molecule has 0 spiro atoms. The Balaban J connectivity index is 2.94. The summed E-state index contributed by atoms with van der Waals surface area (Å²) >= 11 is 0. The maximum absolute atomic E-state index is 13.2. The summed E-state index contributed by atoms with van der Waals surface area (Å²) in [5.41, 5.74) is 0.622. The van der Waals surface area contributed by atoms with E-state index in [2.05, 4.69) is 6.07 Å². The Bertz CT molecular complexity index is 412. The maximum atomic E-state index is 13.2. The van der Waals surface area contributed by atoms with Gasteiger partial charge in [0.15, 0.2) is 0 Å². The van der Waals surface area contributed by atoms with Crippen LogP contribution in [-0.2, 0) is 0 Å². The van der Waals surface area contributed by atoms with Gasteiger partial charge in [-0.3, -0.25) is 0 Å². The number of halogens is 1. The minimum Gasteiger partial charge on any atom is -0.496 e. The summed E-state index contributed by atoms with van der Waals surface area (Å²) in [6.45, 7) is 0.776. The highest BCUT2D eigenvalue weighted by molar-refractivity contribution is 5.39. The molecule has 0 N–H and O–H groups in total. The molecule has 1 aromatic rings. The highest BCUT2D eigenvalue weighted by Gasteiger charge is 2.16. The Labute approximate surface area is 101 Å². The predicted molar refractivity (Wildman–Crippen MR) is 64.5 cm³/mol. The first-order chi connectivity index (χ1) is 8.08. The van der Waals surface area contributed by atoms with Gasteiger partial charge in [-0.2, -0.15) is 5.26 Å². The van der Waals surface area contributed by atoms with Crippen LogP contribution in [0.2, 0.25) is 0 Å². The van der Waals surface area contributed by atoms with Crippen LogP contribution >= 0.6 is 0 Å². The second-order valence-corrected chi connectivity index (χ2v) is 4.16. The van der Waals surface area contributed by atoms with Crippen molar-refractivity contribution < 1.29 is 9.13 Å². The van der Waals surface area contributed by atoms with Crippen LogP contribution in [0.3, 0.4) is 0 Å². The van der Waals surface area contributed by atoms with Gasteiger partial charge in [0.1, 0.15) is 11.6 Å². The summed E-state index contributed by atoms with van der Waals surface area (Å²) in [7, 11) is 5.41.